The molecule has 0 spiro atoms. The first kappa shape index (κ1) is 23.9. The molecule has 2 aliphatic carbocycles. The summed E-state index contributed by atoms with van der Waals surface area (Å²) >= 11 is 0. The number of anilines is 1. The van der Waals surface area contributed by atoms with E-state index in [0.717, 1.165) is 25.7 Å². The molecule has 2 atom stereocenters. The molecule has 0 bridgehead atoms. The molecule has 1 unspecified atom stereocenters. The number of carbonyl (C=O) groups excluding carboxylic acids is 1. The zero-order valence-corrected chi connectivity index (χ0v) is 20.6. The lowest BCUT2D eigenvalue weighted by molar-refractivity contribution is -0.0816. The average molecular weight is 491 g/mol. The van der Waals surface area contributed by atoms with Crippen molar-refractivity contribution < 1.29 is 27.6 Å². The number of hydrogen-bond acceptors (Lipinski definition) is 8. The maximum absolute atomic E-state index is 15.1. The molecule has 1 saturated heterocycles. The van der Waals surface area contributed by atoms with Crippen LogP contribution in [0.25, 0.3) is 0 Å². The molecule has 10 heteroatoms. The molecule has 0 N–H and O–H groups in total. The zero-order valence-electron chi connectivity index (χ0n) is 20.6. The van der Waals surface area contributed by atoms with Gasteiger partial charge in [-0.25, -0.2) is 18.6 Å². The Balaban J connectivity index is 1.46. The summed E-state index contributed by atoms with van der Waals surface area (Å²) in [6, 6.07) is 1.99. The number of alkyl halides is 2. The van der Waals surface area contributed by atoms with Crippen molar-refractivity contribution in [1.82, 2.24) is 15.1 Å². The highest BCUT2D eigenvalue weighted by Crippen LogP contribution is 2.51. The molecule has 2 aromatic rings. The van der Waals surface area contributed by atoms with E-state index in [4.69, 9.17) is 14.0 Å². The fourth-order valence-corrected chi connectivity index (χ4v) is 4.52. The van der Waals surface area contributed by atoms with Gasteiger partial charge in [-0.05, 0) is 64.0 Å². The van der Waals surface area contributed by atoms with Crippen LogP contribution in [0.5, 0.6) is 5.88 Å². The number of carbonyl (C=O) groups is 1. The van der Waals surface area contributed by atoms with Crippen molar-refractivity contribution in [2.24, 2.45) is 11.8 Å². The number of halogens is 2. The number of ether oxygens (including phenoxy) is 2. The van der Waals surface area contributed by atoms with Gasteiger partial charge in [0.2, 0.25) is 11.8 Å². The fourth-order valence-electron chi connectivity index (χ4n) is 4.52. The van der Waals surface area contributed by atoms with Crippen molar-refractivity contribution in [2.75, 3.05) is 18.1 Å². The Hall–Kier alpha value is -2.78. The maximum atomic E-state index is 15.1. The van der Waals surface area contributed by atoms with Gasteiger partial charge < -0.3 is 18.9 Å². The van der Waals surface area contributed by atoms with Gasteiger partial charge in [0.1, 0.15) is 17.3 Å². The Bertz CT molecular complexity index is 1090. The van der Waals surface area contributed by atoms with Gasteiger partial charge in [-0.3, -0.25) is 0 Å². The summed E-state index contributed by atoms with van der Waals surface area (Å²) < 4.78 is 46.8. The number of esters is 1. The molecular formula is C25H32F2N4O4. The van der Waals surface area contributed by atoms with Gasteiger partial charge >= 0.3 is 5.97 Å². The Kier molecular flexibility index (Phi) is 5.96. The molecule has 2 aromatic heterocycles. The van der Waals surface area contributed by atoms with Crippen molar-refractivity contribution in [2.45, 2.75) is 83.3 Å². The molecule has 1 aliphatic heterocycles. The normalized spacial score (nSPS) is 22.5. The van der Waals surface area contributed by atoms with Gasteiger partial charge in [0.05, 0.1) is 13.2 Å². The SMILES string of the molecule is Cc1nc([C@@H](CC2CC2)C2N(c3ccc(C(=O)OC(C)(C)C)nc3OCC3CC3)CC2(F)F)no1. The topological polar surface area (TPSA) is 90.6 Å². The number of hydrogen-bond donors (Lipinski definition) is 0. The van der Waals surface area contributed by atoms with E-state index in [1.54, 1.807) is 38.7 Å². The first-order valence-corrected chi connectivity index (χ1v) is 12.3. The van der Waals surface area contributed by atoms with Gasteiger partial charge in [0, 0.05) is 12.8 Å². The van der Waals surface area contributed by atoms with E-state index >= 15 is 8.78 Å². The summed E-state index contributed by atoms with van der Waals surface area (Å²) in [5, 5.41) is 4.00. The summed E-state index contributed by atoms with van der Waals surface area (Å²) in [6.07, 6.45) is 4.73. The van der Waals surface area contributed by atoms with Gasteiger partial charge in [-0.2, -0.15) is 4.98 Å². The van der Waals surface area contributed by atoms with Crippen molar-refractivity contribution in [3.05, 3.63) is 29.5 Å². The van der Waals surface area contributed by atoms with Crippen molar-refractivity contribution in [3.8, 4) is 5.88 Å². The summed E-state index contributed by atoms with van der Waals surface area (Å²) in [6.45, 7) is 6.94. The second-order valence-electron chi connectivity index (χ2n) is 11.1. The van der Waals surface area contributed by atoms with Crippen LogP contribution in [0.15, 0.2) is 16.7 Å². The molecule has 2 saturated carbocycles. The Morgan fingerprint density at radius 2 is 1.91 bits per heavy atom. The van der Waals surface area contributed by atoms with Crippen LogP contribution in [-0.2, 0) is 4.74 Å². The first-order valence-electron chi connectivity index (χ1n) is 12.3. The molecule has 3 heterocycles. The van der Waals surface area contributed by atoms with E-state index in [9.17, 15) is 4.79 Å². The minimum Gasteiger partial charge on any atom is -0.476 e. The molecule has 0 amide bonds. The predicted octanol–water partition coefficient (Wildman–Crippen LogP) is 4.92. The first-order chi connectivity index (χ1) is 16.5. The van der Waals surface area contributed by atoms with E-state index in [0.29, 0.717) is 42.3 Å². The van der Waals surface area contributed by atoms with E-state index < -0.39 is 36.0 Å². The molecule has 0 aromatic carbocycles. The van der Waals surface area contributed by atoms with Crippen molar-refractivity contribution in [3.63, 3.8) is 0 Å². The number of rotatable bonds is 9. The monoisotopic (exact) mass is 490 g/mol. The molecule has 5 rings (SSSR count). The third-order valence-electron chi connectivity index (χ3n) is 6.60. The fraction of sp³-hybridized carbons (Fsp3) is 0.680. The highest BCUT2D eigenvalue weighted by Gasteiger charge is 2.60. The van der Waals surface area contributed by atoms with Crippen LogP contribution < -0.4 is 9.64 Å². The number of nitrogens with zero attached hydrogens (tertiary/aromatic N) is 4. The summed E-state index contributed by atoms with van der Waals surface area (Å²) in [5.74, 6) is -2.47. The Labute approximate surface area is 203 Å². The van der Waals surface area contributed by atoms with Crippen LogP contribution in [0.2, 0.25) is 0 Å². The van der Waals surface area contributed by atoms with Crippen LogP contribution in [0, 0.1) is 18.8 Å². The van der Waals surface area contributed by atoms with Crippen LogP contribution in [-0.4, -0.2) is 51.8 Å². The Morgan fingerprint density at radius 3 is 2.49 bits per heavy atom. The van der Waals surface area contributed by atoms with E-state index in [1.165, 1.54) is 6.07 Å². The summed E-state index contributed by atoms with van der Waals surface area (Å²) in [5.41, 5.74) is -0.160. The smallest absolute Gasteiger partial charge is 0.357 e. The number of aromatic nitrogens is 3. The molecule has 35 heavy (non-hydrogen) atoms. The van der Waals surface area contributed by atoms with Crippen molar-refractivity contribution in [1.29, 1.82) is 0 Å². The Morgan fingerprint density at radius 1 is 1.20 bits per heavy atom. The second kappa shape index (κ2) is 8.71. The third-order valence-corrected chi connectivity index (χ3v) is 6.60. The summed E-state index contributed by atoms with van der Waals surface area (Å²) in [4.78, 5) is 23.0. The lowest BCUT2D eigenvalue weighted by Gasteiger charge is -2.51. The molecule has 0 radical (unpaired) electrons. The van der Waals surface area contributed by atoms with Gasteiger partial charge in [0.15, 0.2) is 11.5 Å². The maximum Gasteiger partial charge on any atom is 0.357 e. The number of pyridine rings is 1. The third kappa shape index (κ3) is 5.41. The molecule has 190 valence electrons. The quantitative estimate of drug-likeness (QED) is 0.457. The zero-order chi connectivity index (χ0) is 25.0. The highest BCUT2D eigenvalue weighted by atomic mass is 19.3. The van der Waals surface area contributed by atoms with E-state index in [-0.39, 0.29) is 11.6 Å². The highest BCUT2D eigenvalue weighted by molar-refractivity contribution is 5.88. The van der Waals surface area contributed by atoms with Crippen LogP contribution in [0.1, 0.15) is 81.0 Å². The van der Waals surface area contributed by atoms with Gasteiger partial charge in [-0.15, -0.1) is 0 Å². The average Bonchev–Trinajstić information content (AvgIpc) is 3.69. The van der Waals surface area contributed by atoms with E-state index in [2.05, 4.69) is 15.1 Å². The van der Waals surface area contributed by atoms with Crippen LogP contribution >= 0.6 is 0 Å². The molecule has 3 fully saturated rings. The second-order valence-corrected chi connectivity index (χ2v) is 11.1. The molecule has 8 nitrogen and oxygen atoms in total. The van der Waals surface area contributed by atoms with Crippen LogP contribution in [0.3, 0.4) is 0 Å². The summed E-state index contributed by atoms with van der Waals surface area (Å²) in [7, 11) is 0. The standard InChI is InChI=1S/C25H32F2N4O4/c1-14-28-21(30-35-14)17(11-15-5-6-15)20-25(26,27)13-31(20)19-10-9-18(23(32)34-24(2,3)4)29-22(19)33-12-16-7-8-16/h9-10,15-17,20H,5-8,11-13H2,1-4H3/t17-,20?/m0/s1. The molecule has 3 aliphatic rings. The lowest BCUT2D eigenvalue weighted by Crippen LogP contribution is -2.68. The van der Waals surface area contributed by atoms with E-state index in [1.807, 2.05) is 0 Å². The van der Waals surface area contributed by atoms with Crippen LogP contribution in [0.4, 0.5) is 14.5 Å². The minimum atomic E-state index is -2.94. The van der Waals surface area contributed by atoms with Gasteiger partial charge in [0.25, 0.3) is 5.92 Å². The largest absolute Gasteiger partial charge is 0.476 e. The van der Waals surface area contributed by atoms with Gasteiger partial charge in [-0.1, -0.05) is 18.0 Å². The lowest BCUT2D eigenvalue weighted by atomic mass is 9.81. The molecular weight excluding hydrogens is 458 g/mol. The predicted molar refractivity (Wildman–Crippen MR) is 123 cm³/mol. The number of aryl methyl sites for hydroxylation is 1. The minimum absolute atomic E-state index is 0.0848. The van der Waals surface area contributed by atoms with Crippen molar-refractivity contribution >= 4 is 11.7 Å².